The van der Waals surface area contributed by atoms with Crippen LogP contribution in [0.4, 0.5) is 0 Å². The summed E-state index contributed by atoms with van der Waals surface area (Å²) in [4.78, 5) is 0. The average Bonchev–Trinajstić information content (AvgIpc) is 3.24. The van der Waals surface area contributed by atoms with Crippen LogP contribution in [0.5, 0.6) is 0 Å². The monoisotopic (exact) mass is 903 g/mol. The van der Waals surface area contributed by atoms with Gasteiger partial charge in [0.2, 0.25) is 8.32 Å². The van der Waals surface area contributed by atoms with Gasteiger partial charge in [-0.2, -0.15) is 0 Å². The first kappa shape index (κ1) is 49.7. The zero-order valence-corrected chi connectivity index (χ0v) is 42.5. The quantitative estimate of drug-likeness (QED) is 0.116. The zero-order valence-electron chi connectivity index (χ0n) is 40.5. The van der Waals surface area contributed by atoms with Gasteiger partial charge in [-0.15, -0.1) is 0 Å². The normalized spacial score (nSPS) is 26.7. The van der Waals surface area contributed by atoms with Crippen LogP contribution >= 0.6 is 0 Å². The molecule has 9 nitrogen and oxygen atoms in total. The van der Waals surface area contributed by atoms with Crippen molar-refractivity contribution in [1.29, 1.82) is 0 Å². The summed E-state index contributed by atoms with van der Waals surface area (Å²) in [6, 6.07) is 30.7. The first-order valence-corrected chi connectivity index (χ1v) is 27.3. The molecule has 0 unspecified atom stereocenters. The van der Waals surface area contributed by atoms with Crippen molar-refractivity contribution >= 4 is 16.9 Å². The highest BCUT2D eigenvalue weighted by Gasteiger charge is 2.64. The maximum atomic E-state index is 7.75. The molecule has 3 aromatic carbocycles. The van der Waals surface area contributed by atoms with Gasteiger partial charge in [0.15, 0.2) is 6.29 Å². The lowest BCUT2D eigenvalue weighted by Gasteiger charge is -2.57. The fourth-order valence-corrected chi connectivity index (χ4v) is 21.3. The molecule has 2 fully saturated rings. The zero-order chi connectivity index (χ0) is 45.6. The number of ether oxygens (including phenoxy) is 6. The van der Waals surface area contributed by atoms with E-state index >= 15 is 0 Å². The van der Waals surface area contributed by atoms with E-state index in [9.17, 15) is 0 Å². The molecule has 3 heterocycles. The second-order valence-corrected chi connectivity index (χ2v) is 31.0. The molecule has 0 spiro atoms. The minimum atomic E-state index is -2.88. The highest BCUT2D eigenvalue weighted by molar-refractivity contribution is 6.77. The van der Waals surface area contributed by atoms with Crippen molar-refractivity contribution in [2.45, 2.75) is 179 Å². The van der Waals surface area contributed by atoms with Crippen molar-refractivity contribution in [3.05, 3.63) is 120 Å². The number of hydrogen-bond acceptors (Lipinski definition) is 9. The summed E-state index contributed by atoms with van der Waals surface area (Å²) < 4.78 is 63.0. The lowest BCUT2D eigenvalue weighted by Crippen LogP contribution is -2.68. The maximum absolute atomic E-state index is 7.75. The van der Waals surface area contributed by atoms with Crippen molar-refractivity contribution in [3.8, 4) is 0 Å². The van der Waals surface area contributed by atoms with Crippen molar-refractivity contribution < 1.29 is 41.7 Å². The summed E-state index contributed by atoms with van der Waals surface area (Å²) >= 11 is 0. The Hall–Kier alpha value is -2.69. The number of methoxy groups -OCH3 is 1. The largest absolute Gasteiger partial charge is 0.490 e. The average molecular weight is 903 g/mol. The third kappa shape index (κ3) is 11.3. The Balaban J connectivity index is 1.40. The van der Waals surface area contributed by atoms with Gasteiger partial charge in [0.05, 0.1) is 51.0 Å². The van der Waals surface area contributed by atoms with Gasteiger partial charge in [-0.3, -0.25) is 0 Å². The van der Waals surface area contributed by atoms with E-state index in [0.29, 0.717) is 56.1 Å². The van der Waals surface area contributed by atoms with Gasteiger partial charge in [-0.1, -0.05) is 174 Å². The van der Waals surface area contributed by atoms with E-state index in [-0.39, 0.29) is 34.3 Å². The molecular formula is C52H78O9Si2. The Morgan fingerprint density at radius 3 is 1.65 bits per heavy atom. The van der Waals surface area contributed by atoms with Crippen molar-refractivity contribution in [3.63, 3.8) is 0 Å². The predicted octanol–water partition coefficient (Wildman–Crippen LogP) is 12.1. The Morgan fingerprint density at radius 2 is 1.17 bits per heavy atom. The molecule has 3 aromatic rings. The molecule has 3 aliphatic heterocycles. The summed E-state index contributed by atoms with van der Waals surface area (Å²) in [5.74, 6) is 0.483. The molecule has 2 saturated heterocycles. The first-order chi connectivity index (χ1) is 29.9. The smallest absolute Gasteiger partial charge is 0.349 e. The van der Waals surface area contributed by atoms with Crippen LogP contribution in [0.15, 0.2) is 103 Å². The van der Waals surface area contributed by atoms with E-state index in [0.717, 1.165) is 22.4 Å². The predicted molar refractivity (Wildman–Crippen MR) is 255 cm³/mol. The van der Waals surface area contributed by atoms with E-state index in [2.05, 4.69) is 126 Å². The molecule has 0 aliphatic carbocycles. The molecule has 348 valence electrons. The molecule has 0 aromatic heterocycles. The summed E-state index contributed by atoms with van der Waals surface area (Å²) in [6.45, 7) is 29.6. The molecule has 11 heteroatoms. The lowest BCUT2D eigenvalue weighted by atomic mass is 9.86. The number of allylic oxidation sites excluding steroid dienone is 1. The molecule has 3 aliphatic rings. The molecule has 0 amide bonds. The van der Waals surface area contributed by atoms with Crippen molar-refractivity contribution in [2.75, 3.05) is 20.3 Å². The number of rotatable bonds is 18. The third-order valence-corrected chi connectivity index (χ3v) is 24.7. The summed E-state index contributed by atoms with van der Waals surface area (Å²) in [6.07, 6.45) is -0.431. The molecular weight excluding hydrogens is 825 g/mol. The topological polar surface area (TPSA) is 83.1 Å². The van der Waals surface area contributed by atoms with Crippen LogP contribution in [0, 0.1) is 5.92 Å². The van der Waals surface area contributed by atoms with E-state index in [4.69, 9.17) is 41.7 Å². The van der Waals surface area contributed by atoms with Crippen molar-refractivity contribution in [2.24, 2.45) is 5.92 Å². The second-order valence-electron chi connectivity index (χ2n) is 20.9. The Kier molecular flexibility index (Phi) is 16.8. The van der Waals surface area contributed by atoms with Crippen LogP contribution in [-0.4, -0.2) is 80.1 Å². The van der Waals surface area contributed by atoms with E-state index < -0.39 is 41.5 Å². The number of fused-ring (bicyclic) bond motifs is 1. The van der Waals surface area contributed by atoms with E-state index in [1.165, 1.54) is 0 Å². The van der Waals surface area contributed by atoms with Crippen LogP contribution in [0.25, 0.3) is 0 Å². The Bertz CT molecular complexity index is 1830. The summed E-state index contributed by atoms with van der Waals surface area (Å²) in [5, 5.41) is -0.393. The van der Waals surface area contributed by atoms with Crippen molar-refractivity contribution in [1.82, 2.24) is 0 Å². The minimum absolute atomic E-state index is 0.196. The summed E-state index contributed by atoms with van der Waals surface area (Å²) in [7, 11) is -3.58. The molecule has 0 N–H and O–H groups in total. The van der Waals surface area contributed by atoms with E-state index in [1.54, 1.807) is 7.11 Å². The van der Waals surface area contributed by atoms with Crippen LogP contribution in [-0.2, 0) is 61.5 Å². The van der Waals surface area contributed by atoms with Gasteiger partial charge >= 0.3 is 8.56 Å². The maximum Gasteiger partial charge on any atom is 0.349 e. The SMILES string of the molecule is CO[C@H]1O[C@H](COCc2ccccc2)[C@@H](OCc2ccccc2)[C@H](OCc2ccccc2)[C@@H]1CC1=C[C@@H](O[Si](C(C)C)(C(C)C)C(C)C)[C@@H]2O[Si](C(C)(C)C)(C(C)(C)C)OC[C@H]2O1. The standard InChI is InChI=1S/C52H78O9Si2/c1-36(2)62(37(3)4,38(5)6)60-44-30-42(58-46-35-57-63(51(7,8)9,52(10,11)12)61-48(44)46)29-43-47(55-32-40-25-19-15-20-26-40)49(56-33-41-27-21-16-22-28-41)45(59-50(43)53-13)34-54-31-39-23-17-14-18-24-39/h14-28,30,36-38,43-50H,29,31-35H2,1-13H3/t43-,44+,45+,46+,47+,48-,49+,50-/m0/s1. The Labute approximate surface area is 381 Å². The van der Waals surface area contributed by atoms with Gasteiger partial charge in [0.25, 0.3) is 0 Å². The van der Waals surface area contributed by atoms with Gasteiger partial charge < -0.3 is 41.7 Å². The van der Waals surface area contributed by atoms with E-state index in [1.807, 2.05) is 54.6 Å². The summed E-state index contributed by atoms with van der Waals surface area (Å²) in [5.41, 5.74) is 4.36. The lowest BCUT2D eigenvalue weighted by molar-refractivity contribution is -0.300. The molecule has 0 saturated carbocycles. The fraction of sp³-hybridized carbons (Fsp3) is 0.615. The molecule has 8 atom stereocenters. The van der Waals surface area contributed by atoms with Crippen LogP contribution in [0.3, 0.4) is 0 Å². The Morgan fingerprint density at radius 1 is 0.683 bits per heavy atom. The molecule has 63 heavy (non-hydrogen) atoms. The molecule has 0 bridgehead atoms. The van der Waals surface area contributed by atoms with Gasteiger partial charge in [-0.25, -0.2) is 0 Å². The van der Waals surface area contributed by atoms with Gasteiger partial charge in [0.1, 0.15) is 24.4 Å². The first-order valence-electron chi connectivity index (χ1n) is 23.4. The van der Waals surface area contributed by atoms with Gasteiger partial charge in [0, 0.05) is 29.5 Å². The molecule has 6 rings (SSSR count). The molecule has 0 radical (unpaired) electrons. The van der Waals surface area contributed by atoms with Gasteiger partial charge in [-0.05, 0) is 39.4 Å². The highest BCUT2D eigenvalue weighted by atomic mass is 28.4. The van der Waals surface area contributed by atoms with Crippen LogP contribution < -0.4 is 0 Å². The number of benzene rings is 3. The second kappa shape index (κ2) is 21.3. The third-order valence-electron chi connectivity index (χ3n) is 13.5. The van der Waals surface area contributed by atoms with Crippen LogP contribution in [0.2, 0.25) is 26.7 Å². The minimum Gasteiger partial charge on any atom is -0.490 e. The highest BCUT2D eigenvalue weighted by Crippen LogP contribution is 2.56. The number of hydrogen-bond donors (Lipinski definition) is 0. The fourth-order valence-electron chi connectivity index (χ4n) is 10.9. The van der Waals surface area contributed by atoms with Crippen LogP contribution in [0.1, 0.15) is 106 Å².